The van der Waals surface area contributed by atoms with Gasteiger partial charge in [0.2, 0.25) is 0 Å². The van der Waals surface area contributed by atoms with Gasteiger partial charge in [0.25, 0.3) is 0 Å². The van der Waals surface area contributed by atoms with Crippen molar-refractivity contribution in [2.24, 2.45) is 0 Å². The number of hydrogen-bond acceptors (Lipinski definition) is 8. The molecule has 0 aromatic rings. The van der Waals surface area contributed by atoms with Crippen LogP contribution < -0.4 is 79.5 Å². The Kier molecular flexibility index (Phi) is 20.2. The van der Waals surface area contributed by atoms with Crippen molar-refractivity contribution in [1.82, 2.24) is 9.80 Å². The van der Waals surface area contributed by atoms with Gasteiger partial charge in [0, 0.05) is 13.1 Å². The van der Waals surface area contributed by atoms with Crippen LogP contribution in [0.15, 0.2) is 0 Å². The first-order valence-corrected chi connectivity index (χ1v) is 3.66. The Morgan fingerprint density at radius 3 is 0.895 bits per heavy atom. The van der Waals surface area contributed by atoms with E-state index in [2.05, 4.69) is 0 Å². The van der Waals surface area contributed by atoms with Crippen molar-refractivity contribution >= 4 is 62.1 Å². The van der Waals surface area contributed by atoms with Crippen molar-refractivity contribution in [1.29, 1.82) is 0 Å². The fourth-order valence-electron chi connectivity index (χ4n) is 0.714. The van der Waals surface area contributed by atoms with E-state index in [4.69, 9.17) is 0 Å². The van der Waals surface area contributed by atoms with Gasteiger partial charge in [0.1, 0.15) is 24.4 Å². The molecule has 0 unspecified atom stereocenters. The van der Waals surface area contributed by atoms with Gasteiger partial charge < -0.3 is 49.4 Å². The molecule has 0 saturated carbocycles. The fourth-order valence-corrected chi connectivity index (χ4v) is 0.714. The predicted molar refractivity (Wildman–Crippen MR) is 40.8 cm³/mol. The van der Waals surface area contributed by atoms with E-state index in [0.717, 1.165) is 0 Å². The van der Waals surface area contributed by atoms with Crippen LogP contribution in [0.25, 0.3) is 0 Å². The molecule has 0 saturated heterocycles. The van der Waals surface area contributed by atoms with Gasteiger partial charge in [-0.05, 0) is 0 Å². The Morgan fingerprint density at radius 2 is 0.789 bits per heavy atom. The number of carboxylic acid groups (broad SMARTS) is 4. The van der Waals surface area contributed by atoms with Crippen LogP contribution in [-0.2, 0) is 0 Å². The number of carbonyl (C=O) groups excluding carboxylic acids is 4. The SMILES string of the molecule is O=C([O-])N(CCN(C(=O)[O-])C(=O)[O-])C(=O)[O-].[Ca+2].[Na+].[Na+]. The Labute approximate surface area is 181 Å². The van der Waals surface area contributed by atoms with Gasteiger partial charge in [-0.3, -0.25) is 0 Å². The van der Waals surface area contributed by atoms with Gasteiger partial charge in [0.05, 0.1) is 0 Å². The topological polar surface area (TPSA) is 167 Å². The van der Waals surface area contributed by atoms with E-state index < -0.39 is 47.3 Å². The third-order valence-corrected chi connectivity index (χ3v) is 1.43. The van der Waals surface area contributed by atoms with E-state index in [-0.39, 0.29) is 96.9 Å². The maximum Gasteiger partial charge on any atom is 2.00 e. The third kappa shape index (κ3) is 11.1. The van der Waals surface area contributed by atoms with Gasteiger partial charge >= 0.3 is 96.9 Å². The molecule has 0 aliphatic heterocycles. The molecule has 19 heavy (non-hydrogen) atoms. The molecule has 0 fully saturated rings. The number of carbonyl (C=O) groups is 4. The van der Waals surface area contributed by atoms with Crippen molar-refractivity contribution in [3.63, 3.8) is 0 Å². The molecule has 0 heterocycles. The molecule has 0 atom stereocenters. The molecule has 90 valence electrons. The van der Waals surface area contributed by atoms with E-state index in [9.17, 15) is 39.6 Å². The van der Waals surface area contributed by atoms with Crippen molar-refractivity contribution < 1.29 is 98.7 Å². The number of rotatable bonds is 3. The molecule has 4 amide bonds. The van der Waals surface area contributed by atoms with Crippen LogP contribution >= 0.6 is 0 Å². The average molecular weight is 318 g/mol. The molecular weight excluding hydrogens is 314 g/mol. The fraction of sp³-hybridized carbons (Fsp3) is 0.333. The summed E-state index contributed by atoms with van der Waals surface area (Å²) in [6.07, 6.45) is -8.68. The summed E-state index contributed by atoms with van der Waals surface area (Å²) in [5, 5.41) is 40.6. The summed E-state index contributed by atoms with van der Waals surface area (Å²) < 4.78 is 0. The van der Waals surface area contributed by atoms with Gasteiger partial charge in [-0.2, -0.15) is 0 Å². The molecule has 0 aliphatic carbocycles. The second kappa shape index (κ2) is 13.7. The summed E-state index contributed by atoms with van der Waals surface area (Å²) in [6, 6.07) is 0. The summed E-state index contributed by atoms with van der Waals surface area (Å²) in [4.78, 5) is 39.8. The molecule has 0 aromatic carbocycles. The van der Waals surface area contributed by atoms with Crippen molar-refractivity contribution in [3.8, 4) is 0 Å². The van der Waals surface area contributed by atoms with Crippen LogP contribution in [0.1, 0.15) is 0 Å². The predicted octanol–water partition coefficient (Wildman–Crippen LogP) is -11.4. The minimum atomic E-state index is -2.17. The van der Waals surface area contributed by atoms with Crippen LogP contribution in [0.4, 0.5) is 19.2 Å². The van der Waals surface area contributed by atoms with E-state index in [1.807, 2.05) is 0 Å². The number of imide groups is 2. The molecule has 0 aromatic heterocycles. The molecule has 13 heteroatoms. The zero-order valence-corrected chi connectivity index (χ0v) is 16.5. The largest absolute Gasteiger partial charge is 2.00 e. The summed E-state index contributed by atoms with van der Waals surface area (Å²) in [6.45, 7) is -1.99. The molecule has 10 nitrogen and oxygen atoms in total. The van der Waals surface area contributed by atoms with E-state index in [0.29, 0.717) is 0 Å². The minimum absolute atomic E-state index is 0. The van der Waals surface area contributed by atoms with Crippen LogP contribution in [0, 0.1) is 0 Å². The zero-order valence-electron chi connectivity index (χ0n) is 10.3. The van der Waals surface area contributed by atoms with Crippen LogP contribution in [0.5, 0.6) is 0 Å². The summed E-state index contributed by atoms with van der Waals surface area (Å²) >= 11 is 0. The number of amides is 4. The number of hydrogen-bond donors (Lipinski definition) is 0. The molecule has 0 aliphatic rings. The smallest absolute Gasteiger partial charge is 0.530 e. The van der Waals surface area contributed by atoms with E-state index in [1.165, 1.54) is 0 Å². The summed E-state index contributed by atoms with van der Waals surface area (Å²) in [5.74, 6) is 0. The van der Waals surface area contributed by atoms with Crippen LogP contribution in [0.2, 0.25) is 0 Å². The second-order valence-corrected chi connectivity index (χ2v) is 2.37. The quantitative estimate of drug-likeness (QED) is 0.462. The van der Waals surface area contributed by atoms with Crippen molar-refractivity contribution in [3.05, 3.63) is 0 Å². The normalized spacial score (nSPS) is 7.79. The summed E-state index contributed by atoms with van der Waals surface area (Å²) in [5.41, 5.74) is 0. The Bertz CT molecular complexity index is 281. The van der Waals surface area contributed by atoms with Gasteiger partial charge in [0.15, 0.2) is 0 Å². The first kappa shape index (κ1) is 28.0. The molecule has 0 bridgehead atoms. The van der Waals surface area contributed by atoms with Gasteiger partial charge in [-0.25, -0.2) is 0 Å². The second-order valence-electron chi connectivity index (χ2n) is 2.37. The number of nitrogens with zero attached hydrogens (tertiary/aromatic N) is 2. The first-order chi connectivity index (χ1) is 7.27. The van der Waals surface area contributed by atoms with Gasteiger partial charge in [-0.15, -0.1) is 0 Å². The van der Waals surface area contributed by atoms with Crippen molar-refractivity contribution in [2.75, 3.05) is 13.1 Å². The standard InChI is InChI=1S/C6H8N2O8.Ca.2Na/c9-3(10)7(4(11)12)1-2-8(5(13)14)6(15)16;;;/h1-2H2,(H,9,10)(H,11,12)(H,13,14)(H,15,16);;;/q;+2;2*+1/p-4. The van der Waals surface area contributed by atoms with Crippen LogP contribution in [-0.4, -0.2) is 85.0 Å². The Morgan fingerprint density at radius 1 is 0.632 bits per heavy atom. The zero-order chi connectivity index (χ0) is 12.9. The van der Waals surface area contributed by atoms with Crippen molar-refractivity contribution in [2.45, 2.75) is 0 Å². The maximum atomic E-state index is 10.1. The monoisotopic (exact) mass is 318 g/mol. The van der Waals surface area contributed by atoms with E-state index in [1.54, 1.807) is 0 Å². The molecule has 0 N–H and O–H groups in total. The third-order valence-electron chi connectivity index (χ3n) is 1.43. The maximum absolute atomic E-state index is 10.1. The Balaban J connectivity index is -0.000000375. The minimum Gasteiger partial charge on any atom is -0.530 e. The first-order valence-electron chi connectivity index (χ1n) is 3.66. The van der Waals surface area contributed by atoms with Crippen LogP contribution in [0.3, 0.4) is 0 Å². The molecule has 0 rings (SSSR count). The Hall–Kier alpha value is 0.740. The summed E-state index contributed by atoms with van der Waals surface area (Å²) in [7, 11) is 0. The molecule has 0 radical (unpaired) electrons. The molecular formula is C6H4CaN2Na2O8. The molecule has 0 spiro atoms. The van der Waals surface area contributed by atoms with Gasteiger partial charge in [-0.1, -0.05) is 0 Å². The average Bonchev–Trinajstić information content (AvgIpc) is 2.09. The van der Waals surface area contributed by atoms with E-state index >= 15 is 0 Å².